The molecule has 0 radical (unpaired) electrons. The Labute approximate surface area is 205 Å². The summed E-state index contributed by atoms with van der Waals surface area (Å²) in [5.41, 5.74) is 2.91. The number of fused-ring (bicyclic) bond motifs is 1. The van der Waals surface area contributed by atoms with Gasteiger partial charge in [-0.05, 0) is 43.5 Å². The highest BCUT2D eigenvalue weighted by Gasteiger charge is 2.39. The molecule has 1 aliphatic heterocycles. The van der Waals surface area contributed by atoms with E-state index in [4.69, 9.17) is 10.6 Å². The van der Waals surface area contributed by atoms with Crippen LogP contribution in [-0.4, -0.2) is 58.2 Å². The molecule has 0 saturated carbocycles. The highest BCUT2D eigenvalue weighted by atomic mass is 19.4. The van der Waals surface area contributed by atoms with Crippen LogP contribution < -0.4 is 15.5 Å². The number of carbonyl (C=O) groups is 1. The van der Waals surface area contributed by atoms with E-state index in [0.717, 1.165) is 11.4 Å². The molecular formula is C24H24F3N7O2. The van der Waals surface area contributed by atoms with Crippen LogP contribution in [0.15, 0.2) is 59.1 Å². The molecule has 2 aromatic heterocycles. The van der Waals surface area contributed by atoms with E-state index in [-0.39, 0.29) is 18.0 Å². The number of aromatic nitrogens is 3. The van der Waals surface area contributed by atoms with Crippen molar-refractivity contribution >= 4 is 23.7 Å². The van der Waals surface area contributed by atoms with Gasteiger partial charge in [0.25, 0.3) is 5.91 Å². The number of benzene rings is 1. The average Bonchev–Trinajstić information content (AvgIpc) is 3.24. The quantitative estimate of drug-likeness (QED) is 0.318. The topological polar surface area (TPSA) is 111 Å². The lowest BCUT2D eigenvalue weighted by Crippen LogP contribution is -2.43. The second kappa shape index (κ2) is 10.2. The first-order valence-electron chi connectivity index (χ1n) is 11.0. The van der Waals surface area contributed by atoms with Crippen LogP contribution in [0.2, 0.25) is 0 Å². The van der Waals surface area contributed by atoms with E-state index in [1.165, 1.54) is 19.5 Å². The van der Waals surface area contributed by atoms with Gasteiger partial charge < -0.3 is 15.1 Å². The number of imidazole rings is 1. The number of hydrazone groups is 1. The first kappa shape index (κ1) is 24.9. The molecule has 0 saturated heterocycles. The Hall–Kier alpha value is -4.22. The molecule has 188 valence electrons. The fourth-order valence-electron chi connectivity index (χ4n) is 3.98. The zero-order valence-electron chi connectivity index (χ0n) is 19.6. The number of ether oxygens (including phenoxy) is 1. The fraction of sp³-hybridized carbons (Fsp3) is 0.292. The van der Waals surface area contributed by atoms with E-state index in [1.54, 1.807) is 41.2 Å². The summed E-state index contributed by atoms with van der Waals surface area (Å²) in [7, 11) is 1.52. The summed E-state index contributed by atoms with van der Waals surface area (Å²) in [5.74, 6) is 5.32. The van der Waals surface area contributed by atoms with E-state index in [0.29, 0.717) is 28.2 Å². The Morgan fingerprint density at radius 1 is 1.31 bits per heavy atom. The Bertz CT molecular complexity index is 1320. The minimum atomic E-state index is -4.60. The highest BCUT2D eigenvalue weighted by Crippen LogP contribution is 2.29. The van der Waals surface area contributed by atoms with Gasteiger partial charge >= 0.3 is 6.18 Å². The van der Waals surface area contributed by atoms with E-state index in [2.05, 4.69) is 20.1 Å². The van der Waals surface area contributed by atoms with Gasteiger partial charge in [0.15, 0.2) is 0 Å². The van der Waals surface area contributed by atoms with Crippen LogP contribution in [0.1, 0.15) is 23.2 Å². The van der Waals surface area contributed by atoms with Gasteiger partial charge in [-0.15, -0.1) is 0 Å². The molecule has 12 heteroatoms. The Kier molecular flexibility index (Phi) is 7.04. The molecule has 1 atom stereocenters. The molecule has 3 heterocycles. The lowest BCUT2D eigenvalue weighted by Gasteiger charge is -2.24. The number of aryl methyl sites for hydroxylation is 2. The van der Waals surface area contributed by atoms with Gasteiger partial charge in [0, 0.05) is 18.0 Å². The van der Waals surface area contributed by atoms with Gasteiger partial charge in [-0.2, -0.15) is 18.3 Å². The van der Waals surface area contributed by atoms with Crippen molar-refractivity contribution in [2.75, 3.05) is 18.6 Å². The molecule has 0 fully saturated rings. The number of halogens is 3. The van der Waals surface area contributed by atoms with Crippen molar-refractivity contribution in [3.05, 3.63) is 65.9 Å². The van der Waals surface area contributed by atoms with Crippen molar-refractivity contribution < 1.29 is 22.7 Å². The summed E-state index contributed by atoms with van der Waals surface area (Å²) in [6.07, 6.45) is 2.11. The Morgan fingerprint density at radius 3 is 2.78 bits per heavy atom. The summed E-state index contributed by atoms with van der Waals surface area (Å²) in [6.45, 7) is 0.415. The van der Waals surface area contributed by atoms with Gasteiger partial charge in [-0.3, -0.25) is 14.7 Å². The highest BCUT2D eigenvalue weighted by molar-refractivity contribution is 6.38. The van der Waals surface area contributed by atoms with E-state index in [1.807, 2.05) is 13.1 Å². The average molecular weight is 499 g/mol. The van der Waals surface area contributed by atoms with Crippen LogP contribution >= 0.6 is 0 Å². The molecule has 1 amide bonds. The van der Waals surface area contributed by atoms with Gasteiger partial charge in [0.2, 0.25) is 0 Å². The number of hydrogen-bond donors (Lipinski definition) is 1. The SMILES string of the molecule is COc1cc(/C(C=NC2CCc3cccnc3N(CC(F)(F)F)C2=O)=N/N)ccc1-n1cnc(C)c1. The van der Waals surface area contributed by atoms with Gasteiger partial charge in [0.05, 0.1) is 31.0 Å². The smallest absolute Gasteiger partial charge is 0.406 e. The van der Waals surface area contributed by atoms with Crippen LogP contribution in [0, 0.1) is 6.92 Å². The Balaban J connectivity index is 1.61. The number of rotatable bonds is 6. The van der Waals surface area contributed by atoms with Crippen molar-refractivity contribution in [2.45, 2.75) is 32.0 Å². The standard InChI is InChI=1S/C24H24F3N7O2/c1-15-12-33(14-31-15)20-8-6-17(10-21(20)36-2)19(32-28)11-30-18-7-5-16-4-3-9-29-22(16)34(23(18)35)13-24(25,26)27/h3-4,6,8-12,14,18H,5,7,13,28H2,1-2H3/b30-11?,32-19+. The molecule has 0 spiro atoms. The van der Waals surface area contributed by atoms with Crippen molar-refractivity contribution in [1.29, 1.82) is 0 Å². The zero-order valence-corrected chi connectivity index (χ0v) is 19.6. The fourth-order valence-corrected chi connectivity index (χ4v) is 3.98. The summed E-state index contributed by atoms with van der Waals surface area (Å²) >= 11 is 0. The second-order valence-corrected chi connectivity index (χ2v) is 8.18. The van der Waals surface area contributed by atoms with Crippen LogP contribution in [0.5, 0.6) is 5.75 Å². The second-order valence-electron chi connectivity index (χ2n) is 8.18. The predicted octanol–water partition coefficient (Wildman–Crippen LogP) is 3.23. The molecular weight excluding hydrogens is 475 g/mol. The van der Waals surface area contributed by atoms with Gasteiger partial charge in [-0.1, -0.05) is 12.1 Å². The maximum absolute atomic E-state index is 13.3. The largest absolute Gasteiger partial charge is 0.495 e. The van der Waals surface area contributed by atoms with Crippen LogP contribution in [0.25, 0.3) is 5.69 Å². The van der Waals surface area contributed by atoms with Crippen LogP contribution in [-0.2, 0) is 11.2 Å². The molecule has 9 nitrogen and oxygen atoms in total. The molecule has 2 N–H and O–H groups in total. The number of methoxy groups -OCH3 is 1. The maximum atomic E-state index is 13.3. The molecule has 36 heavy (non-hydrogen) atoms. The Morgan fingerprint density at radius 2 is 2.11 bits per heavy atom. The number of pyridine rings is 1. The summed E-state index contributed by atoms with van der Waals surface area (Å²) < 4.78 is 47.1. The summed E-state index contributed by atoms with van der Waals surface area (Å²) in [4.78, 5) is 26.3. The van der Waals surface area contributed by atoms with Crippen molar-refractivity contribution in [3.63, 3.8) is 0 Å². The molecule has 1 unspecified atom stereocenters. The van der Waals surface area contributed by atoms with Crippen LogP contribution in [0.4, 0.5) is 19.0 Å². The number of nitrogens with zero attached hydrogens (tertiary/aromatic N) is 6. The van der Waals surface area contributed by atoms with Gasteiger partial charge in [0.1, 0.15) is 29.9 Å². The minimum Gasteiger partial charge on any atom is -0.495 e. The number of nitrogens with two attached hydrogens (primary N) is 1. The lowest BCUT2D eigenvalue weighted by molar-refractivity contribution is -0.133. The van der Waals surface area contributed by atoms with Crippen molar-refractivity contribution in [1.82, 2.24) is 14.5 Å². The number of carbonyl (C=O) groups excluding carboxylic acids is 1. The first-order valence-corrected chi connectivity index (χ1v) is 11.0. The molecule has 1 aromatic carbocycles. The third-order valence-electron chi connectivity index (χ3n) is 5.68. The molecule has 0 bridgehead atoms. The monoisotopic (exact) mass is 499 g/mol. The number of anilines is 1. The predicted molar refractivity (Wildman–Crippen MR) is 129 cm³/mol. The van der Waals surface area contributed by atoms with E-state index >= 15 is 0 Å². The summed E-state index contributed by atoms with van der Waals surface area (Å²) in [6, 6.07) is 7.46. The van der Waals surface area contributed by atoms with Crippen molar-refractivity contribution in [3.8, 4) is 11.4 Å². The molecule has 0 aliphatic carbocycles. The maximum Gasteiger partial charge on any atom is 0.406 e. The number of amides is 1. The van der Waals surface area contributed by atoms with E-state index < -0.39 is 24.7 Å². The van der Waals surface area contributed by atoms with Gasteiger partial charge in [-0.25, -0.2) is 9.97 Å². The van der Waals surface area contributed by atoms with E-state index in [9.17, 15) is 18.0 Å². The molecule has 1 aliphatic rings. The summed E-state index contributed by atoms with van der Waals surface area (Å²) in [5, 5.41) is 3.77. The lowest BCUT2D eigenvalue weighted by atomic mass is 10.1. The molecule has 3 aromatic rings. The van der Waals surface area contributed by atoms with Crippen LogP contribution in [0.3, 0.4) is 0 Å². The van der Waals surface area contributed by atoms with Crippen molar-refractivity contribution in [2.24, 2.45) is 15.9 Å². The zero-order chi connectivity index (χ0) is 25.9. The molecule has 4 rings (SSSR count). The number of hydrogen-bond acceptors (Lipinski definition) is 7. The first-order chi connectivity index (χ1) is 17.2. The normalized spacial score (nSPS) is 16.8. The number of alkyl halides is 3. The minimum absolute atomic E-state index is 0.000282. The number of aliphatic imine (C=N–C) groups is 1. The third kappa shape index (κ3) is 5.37. The third-order valence-corrected chi connectivity index (χ3v) is 5.68.